The van der Waals surface area contributed by atoms with Gasteiger partial charge in [0.05, 0.1) is 23.8 Å². The van der Waals surface area contributed by atoms with Gasteiger partial charge < -0.3 is 11.1 Å². The van der Waals surface area contributed by atoms with Crippen molar-refractivity contribution in [2.45, 2.75) is 20.4 Å². The van der Waals surface area contributed by atoms with E-state index < -0.39 is 0 Å². The number of hydrogen-bond donors (Lipinski definition) is 2. The lowest BCUT2D eigenvalue weighted by molar-refractivity contribution is 0.0950. The molecule has 0 saturated heterocycles. The van der Waals surface area contributed by atoms with Crippen LogP contribution in [-0.4, -0.2) is 17.4 Å². The maximum absolute atomic E-state index is 12.2. The van der Waals surface area contributed by atoms with Gasteiger partial charge in [-0.25, -0.2) is 4.98 Å². The Kier molecular flexibility index (Phi) is 5.09. The highest BCUT2D eigenvalue weighted by atomic mass is 32.1. The number of hydrogen-bond acceptors (Lipinski definition) is 4. The minimum Gasteiger partial charge on any atom is -0.346 e. The summed E-state index contributed by atoms with van der Waals surface area (Å²) in [5, 5.41) is 5.81. The van der Waals surface area contributed by atoms with Gasteiger partial charge in [0.15, 0.2) is 0 Å². The van der Waals surface area contributed by atoms with Gasteiger partial charge in [-0.3, -0.25) is 4.79 Å². The molecule has 0 unspecified atom stereocenters. The van der Waals surface area contributed by atoms with Gasteiger partial charge in [-0.15, -0.1) is 11.3 Å². The number of thiazole rings is 1. The number of amides is 1. The van der Waals surface area contributed by atoms with Crippen LogP contribution in [0.1, 0.15) is 32.2 Å². The van der Waals surface area contributed by atoms with E-state index in [9.17, 15) is 4.79 Å². The molecule has 2 rings (SSSR count). The second kappa shape index (κ2) is 7.02. The van der Waals surface area contributed by atoms with E-state index in [2.05, 4.69) is 22.1 Å². The number of aryl methyl sites for hydroxylation is 2. The molecule has 1 heterocycles. The fourth-order valence-corrected chi connectivity index (χ4v) is 2.51. The van der Waals surface area contributed by atoms with Gasteiger partial charge in [0, 0.05) is 16.5 Å². The lowest BCUT2D eigenvalue weighted by atomic mass is 10.1. The van der Waals surface area contributed by atoms with Crippen LogP contribution in [0.25, 0.3) is 0 Å². The van der Waals surface area contributed by atoms with E-state index in [1.54, 1.807) is 17.4 Å². The number of carbonyl (C=O) groups excluding carboxylic acids is 1. The van der Waals surface area contributed by atoms with E-state index in [0.29, 0.717) is 18.7 Å². The van der Waals surface area contributed by atoms with Gasteiger partial charge in [-0.05, 0) is 37.6 Å². The summed E-state index contributed by atoms with van der Waals surface area (Å²) >= 11 is 1.57. The highest BCUT2D eigenvalue weighted by Crippen LogP contribution is 2.10. The monoisotopic (exact) mass is 299 g/mol. The Balaban J connectivity index is 2.09. The van der Waals surface area contributed by atoms with Crippen LogP contribution in [0, 0.1) is 25.7 Å². The second-order valence-electron chi connectivity index (χ2n) is 4.63. The van der Waals surface area contributed by atoms with Crippen molar-refractivity contribution < 1.29 is 4.79 Å². The smallest absolute Gasteiger partial charge is 0.251 e. The number of aromatic nitrogens is 1. The summed E-state index contributed by atoms with van der Waals surface area (Å²) in [7, 11) is 0. The molecule has 3 N–H and O–H groups in total. The highest BCUT2D eigenvalue weighted by Gasteiger charge is 2.08. The summed E-state index contributed by atoms with van der Waals surface area (Å²) in [5.74, 6) is 5.62. The topological polar surface area (TPSA) is 68.0 Å². The van der Waals surface area contributed by atoms with Crippen molar-refractivity contribution in [3.63, 3.8) is 0 Å². The number of nitrogens with zero attached hydrogens (tertiary/aromatic N) is 1. The van der Waals surface area contributed by atoms with E-state index in [4.69, 9.17) is 5.73 Å². The van der Waals surface area contributed by atoms with E-state index in [1.807, 2.05) is 31.4 Å². The van der Waals surface area contributed by atoms with Crippen LogP contribution < -0.4 is 11.1 Å². The van der Waals surface area contributed by atoms with Gasteiger partial charge in [0.1, 0.15) is 0 Å². The molecule has 0 bridgehead atoms. The van der Waals surface area contributed by atoms with Gasteiger partial charge in [-0.2, -0.15) is 0 Å². The number of rotatable bonds is 3. The van der Waals surface area contributed by atoms with Crippen molar-refractivity contribution in [1.82, 2.24) is 10.3 Å². The average molecular weight is 299 g/mol. The molecule has 0 spiro atoms. The molecule has 1 amide bonds. The Morgan fingerprint density at radius 2 is 2.19 bits per heavy atom. The molecule has 1 aromatic carbocycles. The average Bonchev–Trinajstić information content (AvgIpc) is 2.87. The molecule has 1 aromatic heterocycles. The van der Waals surface area contributed by atoms with E-state index in [1.165, 1.54) is 0 Å². The van der Waals surface area contributed by atoms with Crippen LogP contribution in [0.15, 0.2) is 23.6 Å². The molecule has 108 valence electrons. The Morgan fingerprint density at radius 3 is 2.86 bits per heavy atom. The van der Waals surface area contributed by atoms with Gasteiger partial charge in [0.2, 0.25) is 0 Å². The third kappa shape index (κ3) is 4.42. The van der Waals surface area contributed by atoms with Crippen molar-refractivity contribution in [2.75, 3.05) is 6.54 Å². The molecule has 0 atom stereocenters. The zero-order valence-electron chi connectivity index (χ0n) is 12.1. The largest absolute Gasteiger partial charge is 0.346 e. The molecule has 5 heteroatoms. The highest BCUT2D eigenvalue weighted by molar-refractivity contribution is 7.09. The number of benzene rings is 1. The van der Waals surface area contributed by atoms with Crippen molar-refractivity contribution in [3.05, 3.63) is 51.0 Å². The van der Waals surface area contributed by atoms with Crippen molar-refractivity contribution in [1.29, 1.82) is 0 Å². The Morgan fingerprint density at radius 1 is 1.38 bits per heavy atom. The molecule has 4 nitrogen and oxygen atoms in total. The quantitative estimate of drug-likeness (QED) is 0.852. The molecule has 0 aliphatic rings. The molecule has 0 aliphatic heterocycles. The second-order valence-corrected chi connectivity index (χ2v) is 5.70. The minimum absolute atomic E-state index is 0.125. The summed E-state index contributed by atoms with van der Waals surface area (Å²) in [5.41, 5.74) is 8.64. The van der Waals surface area contributed by atoms with Crippen molar-refractivity contribution in [3.8, 4) is 11.8 Å². The molecule has 0 saturated carbocycles. The molecule has 0 radical (unpaired) electrons. The van der Waals surface area contributed by atoms with Crippen molar-refractivity contribution in [2.24, 2.45) is 5.73 Å². The van der Waals surface area contributed by atoms with Gasteiger partial charge in [-0.1, -0.05) is 11.8 Å². The van der Waals surface area contributed by atoms with Gasteiger partial charge in [0.25, 0.3) is 5.91 Å². The van der Waals surface area contributed by atoms with Crippen LogP contribution in [-0.2, 0) is 6.54 Å². The van der Waals surface area contributed by atoms with Crippen LogP contribution in [0.4, 0.5) is 0 Å². The number of nitrogens with one attached hydrogen (secondary N) is 1. The van der Waals surface area contributed by atoms with Crippen molar-refractivity contribution >= 4 is 17.2 Å². The first-order valence-electron chi connectivity index (χ1n) is 6.58. The maximum Gasteiger partial charge on any atom is 0.251 e. The summed E-state index contributed by atoms with van der Waals surface area (Å²) in [6.07, 6.45) is 0. The third-order valence-electron chi connectivity index (χ3n) is 2.77. The normalized spacial score (nSPS) is 9.86. The van der Waals surface area contributed by atoms with E-state index >= 15 is 0 Å². The molecule has 2 aromatic rings. The molecule has 0 aliphatic carbocycles. The third-order valence-corrected chi connectivity index (χ3v) is 3.59. The van der Waals surface area contributed by atoms with Crippen LogP contribution in [0.3, 0.4) is 0 Å². The number of nitrogens with two attached hydrogens (primary N) is 1. The first-order chi connectivity index (χ1) is 10.1. The SMILES string of the molecule is Cc1cc(C#CCN)cc(C(=O)NCc2csc(C)n2)c1. The fraction of sp³-hybridized carbons (Fsp3) is 0.250. The first kappa shape index (κ1) is 15.2. The Labute approximate surface area is 128 Å². The minimum atomic E-state index is -0.125. The number of carbonyl (C=O) groups is 1. The lowest BCUT2D eigenvalue weighted by Gasteiger charge is -2.05. The van der Waals surface area contributed by atoms with Crippen LogP contribution in [0.5, 0.6) is 0 Å². The lowest BCUT2D eigenvalue weighted by Crippen LogP contribution is -2.23. The summed E-state index contributed by atoms with van der Waals surface area (Å²) in [4.78, 5) is 16.5. The predicted octanol–water partition coefficient (Wildman–Crippen LogP) is 2.00. The zero-order chi connectivity index (χ0) is 15.2. The molecule has 21 heavy (non-hydrogen) atoms. The first-order valence-corrected chi connectivity index (χ1v) is 7.46. The Hall–Kier alpha value is -2.16. The van der Waals surface area contributed by atoms with Crippen LogP contribution >= 0.6 is 11.3 Å². The summed E-state index contributed by atoms with van der Waals surface area (Å²) in [6, 6.07) is 5.55. The maximum atomic E-state index is 12.2. The Bertz CT molecular complexity index is 710. The predicted molar refractivity (Wildman–Crippen MR) is 85.1 cm³/mol. The molecular weight excluding hydrogens is 282 g/mol. The van der Waals surface area contributed by atoms with Gasteiger partial charge >= 0.3 is 0 Å². The zero-order valence-corrected chi connectivity index (χ0v) is 12.9. The summed E-state index contributed by atoms with van der Waals surface area (Å²) in [6.45, 7) is 4.62. The summed E-state index contributed by atoms with van der Waals surface area (Å²) < 4.78 is 0. The fourth-order valence-electron chi connectivity index (χ4n) is 1.90. The molecular formula is C16H17N3OS. The van der Waals surface area contributed by atoms with E-state index in [0.717, 1.165) is 21.8 Å². The van der Waals surface area contributed by atoms with E-state index in [-0.39, 0.29) is 5.91 Å². The van der Waals surface area contributed by atoms with Crippen LogP contribution in [0.2, 0.25) is 0 Å². The standard InChI is InChI=1S/C16H17N3OS/c1-11-6-13(4-3-5-17)8-14(7-11)16(20)18-9-15-10-21-12(2)19-15/h6-8,10H,5,9,17H2,1-2H3,(H,18,20). The molecule has 0 fully saturated rings.